The van der Waals surface area contributed by atoms with Gasteiger partial charge in [0.05, 0.1) is 10.6 Å². The van der Waals surface area contributed by atoms with Gasteiger partial charge in [0, 0.05) is 30.9 Å². The van der Waals surface area contributed by atoms with Crippen molar-refractivity contribution >= 4 is 38.3 Å². The number of carbonyl (C=O) groups is 2. The third-order valence-corrected chi connectivity index (χ3v) is 8.36. The monoisotopic (exact) mass is 507 g/mol. The summed E-state index contributed by atoms with van der Waals surface area (Å²) in [5.74, 6) is -0.399. The van der Waals surface area contributed by atoms with Crippen LogP contribution >= 0.6 is 0 Å². The summed E-state index contributed by atoms with van der Waals surface area (Å²) in [4.78, 5) is 28.0. The number of benzene rings is 3. The van der Waals surface area contributed by atoms with Crippen molar-refractivity contribution in [3.05, 3.63) is 71.8 Å². The third kappa shape index (κ3) is 5.09. The van der Waals surface area contributed by atoms with Crippen molar-refractivity contribution in [2.45, 2.75) is 64.1 Å². The molecule has 0 radical (unpaired) electrons. The van der Waals surface area contributed by atoms with Crippen molar-refractivity contribution < 1.29 is 18.0 Å². The van der Waals surface area contributed by atoms with Crippen LogP contribution in [0.3, 0.4) is 0 Å². The number of carbonyl (C=O) groups excluding carboxylic acids is 2. The molecule has 0 spiro atoms. The first kappa shape index (κ1) is 25.7. The fourth-order valence-electron chi connectivity index (χ4n) is 4.59. The highest BCUT2D eigenvalue weighted by Gasteiger charge is 2.35. The second-order valence-electron chi connectivity index (χ2n) is 9.66. The molecule has 0 aliphatic carbocycles. The van der Waals surface area contributed by atoms with Crippen LogP contribution in [0, 0.1) is 6.92 Å². The van der Waals surface area contributed by atoms with E-state index >= 15 is 0 Å². The molecular formula is C28H33N3O4S. The van der Waals surface area contributed by atoms with E-state index in [4.69, 9.17) is 0 Å². The first-order valence-corrected chi connectivity index (χ1v) is 13.7. The highest BCUT2D eigenvalue weighted by molar-refractivity contribution is 7.93. The first-order valence-electron chi connectivity index (χ1n) is 12.3. The van der Waals surface area contributed by atoms with Gasteiger partial charge in [0.15, 0.2) is 0 Å². The van der Waals surface area contributed by atoms with E-state index in [2.05, 4.69) is 5.32 Å². The van der Waals surface area contributed by atoms with Crippen LogP contribution in [-0.4, -0.2) is 43.8 Å². The molecule has 0 fully saturated rings. The molecule has 0 saturated carbocycles. The molecular weight excluding hydrogens is 474 g/mol. The van der Waals surface area contributed by atoms with Gasteiger partial charge in [-0.15, -0.1) is 0 Å². The number of sulfonamides is 1. The van der Waals surface area contributed by atoms with Gasteiger partial charge in [-0.3, -0.25) is 13.9 Å². The number of hydrogen-bond acceptors (Lipinski definition) is 4. The Labute approximate surface area is 213 Å². The maximum Gasteiger partial charge on any atom is 0.265 e. The quantitative estimate of drug-likeness (QED) is 0.466. The maximum atomic E-state index is 13.4. The van der Waals surface area contributed by atoms with Gasteiger partial charge in [-0.2, -0.15) is 0 Å². The summed E-state index contributed by atoms with van der Waals surface area (Å²) >= 11 is 0. The van der Waals surface area contributed by atoms with Crippen molar-refractivity contribution in [3.8, 4) is 0 Å². The van der Waals surface area contributed by atoms with Crippen LogP contribution in [0.4, 0.5) is 5.69 Å². The number of anilines is 1. The van der Waals surface area contributed by atoms with Gasteiger partial charge in [0.2, 0.25) is 11.8 Å². The summed E-state index contributed by atoms with van der Waals surface area (Å²) in [5.41, 5.74) is 2.70. The summed E-state index contributed by atoms with van der Waals surface area (Å²) in [6, 6.07) is 18.0. The average Bonchev–Trinajstić information content (AvgIpc) is 3.06. The predicted molar refractivity (Wildman–Crippen MR) is 142 cm³/mol. The Kier molecular flexibility index (Phi) is 7.36. The van der Waals surface area contributed by atoms with Gasteiger partial charge in [0.1, 0.15) is 6.04 Å². The van der Waals surface area contributed by atoms with Gasteiger partial charge in [-0.05, 0) is 57.2 Å². The molecule has 1 heterocycles. The van der Waals surface area contributed by atoms with Crippen LogP contribution in [0.15, 0.2) is 65.6 Å². The molecule has 0 bridgehead atoms. The highest BCUT2D eigenvalue weighted by atomic mass is 32.2. The smallest absolute Gasteiger partial charge is 0.265 e. The Morgan fingerprint density at radius 3 is 2.31 bits per heavy atom. The summed E-state index contributed by atoms with van der Waals surface area (Å²) < 4.78 is 27.8. The van der Waals surface area contributed by atoms with Crippen molar-refractivity contribution in [1.82, 2.24) is 10.2 Å². The molecule has 0 aromatic heterocycles. The zero-order valence-electron chi connectivity index (χ0n) is 21.2. The predicted octanol–water partition coefficient (Wildman–Crippen LogP) is 4.38. The van der Waals surface area contributed by atoms with Crippen LogP contribution in [0.1, 0.15) is 44.7 Å². The zero-order chi connectivity index (χ0) is 26.0. The molecule has 7 nitrogen and oxygen atoms in total. The van der Waals surface area contributed by atoms with Gasteiger partial charge in [-0.25, -0.2) is 8.42 Å². The Morgan fingerprint density at radius 1 is 0.972 bits per heavy atom. The molecule has 1 N–H and O–H groups in total. The summed E-state index contributed by atoms with van der Waals surface area (Å²) in [6.45, 7) is 7.98. The molecule has 0 saturated heterocycles. The summed E-state index contributed by atoms with van der Waals surface area (Å²) in [7, 11) is -3.67. The minimum atomic E-state index is -3.67. The number of rotatable bonds is 9. The molecule has 1 aliphatic rings. The number of hydrogen-bond donors (Lipinski definition) is 1. The van der Waals surface area contributed by atoms with E-state index in [0.29, 0.717) is 23.5 Å². The topological polar surface area (TPSA) is 86.8 Å². The molecule has 3 aromatic rings. The highest BCUT2D eigenvalue weighted by Crippen LogP contribution is 2.42. The second kappa shape index (κ2) is 10.3. The van der Waals surface area contributed by atoms with Crippen molar-refractivity contribution in [2.75, 3.05) is 10.8 Å². The number of aryl methyl sites for hydroxylation is 1. The lowest BCUT2D eigenvalue weighted by atomic mass is 10.1. The van der Waals surface area contributed by atoms with E-state index in [-0.39, 0.29) is 30.8 Å². The number of amides is 2. The molecule has 8 heteroatoms. The van der Waals surface area contributed by atoms with Crippen LogP contribution in [0.5, 0.6) is 0 Å². The van der Waals surface area contributed by atoms with E-state index < -0.39 is 16.1 Å². The fourth-order valence-corrected chi connectivity index (χ4v) is 6.34. The Morgan fingerprint density at radius 2 is 1.64 bits per heavy atom. The minimum Gasteiger partial charge on any atom is -0.352 e. The minimum absolute atomic E-state index is 0.0407. The molecule has 2 amide bonds. The lowest BCUT2D eigenvalue weighted by molar-refractivity contribution is -0.140. The molecule has 1 aliphatic heterocycles. The normalized spacial score (nSPS) is 14.8. The summed E-state index contributed by atoms with van der Waals surface area (Å²) in [5, 5.41) is 4.49. The number of nitrogens with one attached hydrogen (secondary N) is 1. The standard InChI is InChI=1S/C28H33N3O4S/c1-19(2)29-28(33)21(4)30(18-22-15-13-20(3)14-16-22)26(32)12-7-17-31-24-10-5-8-23-9-6-11-25(27(23)24)36(31,34)35/h5-6,8-11,13-16,19,21H,7,12,17-18H2,1-4H3,(H,29,33)/t21-/m0/s1. The van der Waals surface area contributed by atoms with E-state index in [0.717, 1.165) is 21.9 Å². The molecule has 3 aromatic carbocycles. The average molecular weight is 508 g/mol. The van der Waals surface area contributed by atoms with E-state index in [9.17, 15) is 18.0 Å². The van der Waals surface area contributed by atoms with Crippen LogP contribution in [-0.2, 0) is 26.2 Å². The SMILES string of the molecule is Cc1ccc(CN(C(=O)CCCN2c3cccc4cccc(c34)S2(=O)=O)[C@@H](C)C(=O)NC(C)C)cc1. The van der Waals surface area contributed by atoms with Crippen LogP contribution in [0.2, 0.25) is 0 Å². The fraction of sp³-hybridized carbons (Fsp3) is 0.357. The third-order valence-electron chi connectivity index (χ3n) is 6.50. The molecule has 1 atom stereocenters. The molecule has 190 valence electrons. The molecule has 36 heavy (non-hydrogen) atoms. The van der Waals surface area contributed by atoms with Crippen molar-refractivity contribution in [2.24, 2.45) is 0 Å². The lowest BCUT2D eigenvalue weighted by Gasteiger charge is -2.30. The molecule has 4 rings (SSSR count). The summed E-state index contributed by atoms with van der Waals surface area (Å²) in [6.07, 6.45) is 0.467. The maximum absolute atomic E-state index is 13.4. The van der Waals surface area contributed by atoms with Crippen molar-refractivity contribution in [1.29, 1.82) is 0 Å². The lowest BCUT2D eigenvalue weighted by Crippen LogP contribution is -2.49. The van der Waals surface area contributed by atoms with Crippen molar-refractivity contribution in [3.63, 3.8) is 0 Å². The first-order chi connectivity index (χ1) is 17.1. The Balaban J connectivity index is 1.49. The van der Waals surface area contributed by atoms with E-state index in [1.807, 2.05) is 63.2 Å². The van der Waals surface area contributed by atoms with Gasteiger partial charge in [0.25, 0.3) is 10.0 Å². The van der Waals surface area contributed by atoms with Crippen LogP contribution in [0.25, 0.3) is 10.8 Å². The van der Waals surface area contributed by atoms with Gasteiger partial charge in [-0.1, -0.05) is 54.1 Å². The second-order valence-corrected chi connectivity index (χ2v) is 11.5. The van der Waals surface area contributed by atoms with Crippen LogP contribution < -0.4 is 9.62 Å². The number of nitrogens with zero attached hydrogens (tertiary/aromatic N) is 2. The van der Waals surface area contributed by atoms with Gasteiger partial charge < -0.3 is 10.2 Å². The Bertz CT molecular complexity index is 1380. The molecule has 0 unspecified atom stereocenters. The van der Waals surface area contributed by atoms with E-state index in [1.54, 1.807) is 30.0 Å². The van der Waals surface area contributed by atoms with E-state index in [1.165, 1.54) is 4.31 Å². The van der Waals surface area contributed by atoms with Gasteiger partial charge >= 0.3 is 0 Å². The zero-order valence-corrected chi connectivity index (χ0v) is 22.0. The Hall–Kier alpha value is -3.39. The largest absolute Gasteiger partial charge is 0.352 e.